The summed E-state index contributed by atoms with van der Waals surface area (Å²) in [6.07, 6.45) is 4.90. The van der Waals surface area contributed by atoms with E-state index in [4.69, 9.17) is 4.74 Å². The van der Waals surface area contributed by atoms with Crippen LogP contribution in [-0.4, -0.2) is 13.2 Å². The van der Waals surface area contributed by atoms with E-state index in [1.807, 2.05) is 11.3 Å². The van der Waals surface area contributed by atoms with Crippen molar-refractivity contribution in [3.05, 3.63) is 50.7 Å². The third-order valence-electron chi connectivity index (χ3n) is 4.51. The molecule has 1 unspecified atom stereocenters. The fourth-order valence-electron chi connectivity index (χ4n) is 3.53. The van der Waals surface area contributed by atoms with Crippen LogP contribution >= 0.6 is 11.3 Å². The molecule has 0 spiro atoms. The van der Waals surface area contributed by atoms with Gasteiger partial charge in [0.15, 0.2) is 0 Å². The molecule has 0 saturated carbocycles. The van der Waals surface area contributed by atoms with E-state index in [0.717, 1.165) is 25.3 Å². The molecule has 1 aromatic carbocycles. The van der Waals surface area contributed by atoms with Gasteiger partial charge in [-0.15, -0.1) is 11.3 Å². The van der Waals surface area contributed by atoms with Crippen LogP contribution in [0.15, 0.2) is 24.3 Å². The van der Waals surface area contributed by atoms with E-state index in [1.165, 1.54) is 35.3 Å². The lowest BCUT2D eigenvalue weighted by molar-refractivity contribution is 0.351. The molecule has 0 saturated heterocycles. The topological polar surface area (TPSA) is 21.3 Å². The van der Waals surface area contributed by atoms with Crippen LogP contribution in [0, 0.1) is 0 Å². The van der Waals surface area contributed by atoms with Crippen molar-refractivity contribution in [1.82, 2.24) is 5.32 Å². The van der Waals surface area contributed by atoms with Gasteiger partial charge >= 0.3 is 0 Å². The second-order valence-electron chi connectivity index (χ2n) is 5.88. The minimum atomic E-state index is 0.277. The highest BCUT2D eigenvalue weighted by Gasteiger charge is 2.26. The van der Waals surface area contributed by atoms with Crippen molar-refractivity contribution >= 4 is 11.3 Å². The number of thiophene rings is 1. The zero-order chi connectivity index (χ0) is 14.2. The molecule has 2 nitrogen and oxygen atoms in total. The number of hydrogen-bond acceptors (Lipinski definition) is 3. The summed E-state index contributed by atoms with van der Waals surface area (Å²) in [5, 5.41) is 3.66. The predicted octanol–water partition coefficient (Wildman–Crippen LogP) is 3.87. The molecule has 2 heterocycles. The van der Waals surface area contributed by atoms with Crippen LogP contribution in [0.2, 0.25) is 0 Å². The summed E-state index contributed by atoms with van der Waals surface area (Å²) >= 11 is 1.99. The predicted molar refractivity (Wildman–Crippen MR) is 87.5 cm³/mol. The summed E-state index contributed by atoms with van der Waals surface area (Å²) in [7, 11) is 0. The van der Waals surface area contributed by atoms with Gasteiger partial charge in [0.1, 0.15) is 5.75 Å². The SMILES string of the molecule is CCNC(c1cc2c(s1)CCC2)c1cccc2c1OCC2. The van der Waals surface area contributed by atoms with Gasteiger partial charge < -0.3 is 10.1 Å². The average molecular weight is 299 g/mol. The van der Waals surface area contributed by atoms with Gasteiger partial charge in [0, 0.05) is 21.7 Å². The van der Waals surface area contributed by atoms with E-state index in [9.17, 15) is 0 Å². The molecule has 3 heteroatoms. The highest BCUT2D eigenvalue weighted by atomic mass is 32.1. The fraction of sp³-hybridized carbons (Fsp3) is 0.444. The Morgan fingerprint density at radius 1 is 1.24 bits per heavy atom. The highest BCUT2D eigenvalue weighted by Crippen LogP contribution is 2.40. The van der Waals surface area contributed by atoms with E-state index in [2.05, 4.69) is 36.5 Å². The monoisotopic (exact) mass is 299 g/mol. The fourth-order valence-corrected chi connectivity index (χ4v) is 4.88. The van der Waals surface area contributed by atoms with Crippen LogP contribution < -0.4 is 10.1 Å². The van der Waals surface area contributed by atoms with Crippen LogP contribution in [0.3, 0.4) is 0 Å². The third kappa shape index (κ3) is 2.29. The second-order valence-corrected chi connectivity index (χ2v) is 7.04. The Morgan fingerprint density at radius 3 is 3.05 bits per heavy atom. The minimum absolute atomic E-state index is 0.277. The summed E-state index contributed by atoms with van der Waals surface area (Å²) in [4.78, 5) is 3.05. The summed E-state index contributed by atoms with van der Waals surface area (Å²) in [5.74, 6) is 1.12. The summed E-state index contributed by atoms with van der Waals surface area (Å²) in [5.41, 5.74) is 4.25. The van der Waals surface area contributed by atoms with Crippen molar-refractivity contribution in [3.8, 4) is 5.75 Å². The average Bonchev–Trinajstić information content (AvgIpc) is 3.18. The van der Waals surface area contributed by atoms with Gasteiger partial charge in [-0.1, -0.05) is 25.1 Å². The Kier molecular flexibility index (Phi) is 3.48. The molecule has 2 aromatic rings. The summed E-state index contributed by atoms with van der Waals surface area (Å²) in [6, 6.07) is 9.30. The summed E-state index contributed by atoms with van der Waals surface area (Å²) in [6.45, 7) is 3.97. The van der Waals surface area contributed by atoms with Gasteiger partial charge in [-0.3, -0.25) is 0 Å². The third-order valence-corrected chi connectivity index (χ3v) is 5.82. The van der Waals surface area contributed by atoms with Crippen LogP contribution in [-0.2, 0) is 19.3 Å². The second kappa shape index (κ2) is 5.47. The van der Waals surface area contributed by atoms with Crippen molar-refractivity contribution in [3.63, 3.8) is 0 Å². The zero-order valence-electron chi connectivity index (χ0n) is 12.4. The Morgan fingerprint density at radius 2 is 2.19 bits per heavy atom. The lowest BCUT2D eigenvalue weighted by atomic mass is 10.00. The Labute approximate surface area is 130 Å². The van der Waals surface area contributed by atoms with Crippen molar-refractivity contribution in [2.45, 2.75) is 38.6 Å². The standard InChI is InChI=1S/C18H21NOS/c1-2-19-17(16-11-13-6-4-8-15(13)21-16)14-7-3-5-12-9-10-20-18(12)14/h3,5,7,11,17,19H,2,4,6,8-10H2,1H3. The molecule has 1 aromatic heterocycles. The number of ether oxygens (including phenoxy) is 1. The number of rotatable bonds is 4. The molecule has 0 bridgehead atoms. The number of hydrogen-bond donors (Lipinski definition) is 1. The first-order valence-electron chi connectivity index (χ1n) is 7.96. The Balaban J connectivity index is 1.76. The molecule has 2 aliphatic rings. The number of nitrogens with one attached hydrogen (secondary N) is 1. The van der Waals surface area contributed by atoms with Gasteiger partial charge in [-0.2, -0.15) is 0 Å². The Bertz CT molecular complexity index is 640. The molecule has 0 fully saturated rings. The van der Waals surface area contributed by atoms with Gasteiger partial charge in [0.25, 0.3) is 0 Å². The van der Waals surface area contributed by atoms with E-state index < -0.39 is 0 Å². The number of benzene rings is 1. The van der Waals surface area contributed by atoms with Crippen LogP contribution in [0.25, 0.3) is 0 Å². The smallest absolute Gasteiger partial charge is 0.127 e. The zero-order valence-corrected chi connectivity index (χ0v) is 13.3. The van der Waals surface area contributed by atoms with Crippen LogP contribution in [0.4, 0.5) is 0 Å². The molecule has 1 atom stereocenters. The van der Waals surface area contributed by atoms with Gasteiger partial charge in [-0.05, 0) is 43.0 Å². The number of para-hydroxylation sites is 1. The molecule has 21 heavy (non-hydrogen) atoms. The van der Waals surface area contributed by atoms with Crippen LogP contribution in [0.5, 0.6) is 5.75 Å². The minimum Gasteiger partial charge on any atom is -0.493 e. The van der Waals surface area contributed by atoms with Gasteiger partial charge in [-0.25, -0.2) is 0 Å². The van der Waals surface area contributed by atoms with Crippen molar-refractivity contribution < 1.29 is 4.74 Å². The molecule has 0 amide bonds. The molecular weight excluding hydrogens is 278 g/mol. The molecule has 0 radical (unpaired) electrons. The van der Waals surface area contributed by atoms with Crippen molar-refractivity contribution in [2.75, 3.05) is 13.2 Å². The molecule has 1 aliphatic heterocycles. The van der Waals surface area contributed by atoms with Crippen LogP contribution in [0.1, 0.15) is 45.8 Å². The lowest BCUT2D eigenvalue weighted by Crippen LogP contribution is -2.21. The lowest BCUT2D eigenvalue weighted by Gasteiger charge is -2.19. The summed E-state index contributed by atoms with van der Waals surface area (Å²) < 4.78 is 5.92. The number of aryl methyl sites for hydroxylation is 2. The normalized spacial score (nSPS) is 17.4. The molecule has 1 N–H and O–H groups in total. The quantitative estimate of drug-likeness (QED) is 0.925. The Hall–Kier alpha value is -1.32. The maximum atomic E-state index is 5.92. The molecule has 110 valence electrons. The first-order chi connectivity index (χ1) is 10.4. The van der Waals surface area contributed by atoms with Crippen molar-refractivity contribution in [1.29, 1.82) is 0 Å². The molecule has 1 aliphatic carbocycles. The van der Waals surface area contributed by atoms with E-state index >= 15 is 0 Å². The number of fused-ring (bicyclic) bond motifs is 2. The van der Waals surface area contributed by atoms with Gasteiger partial charge in [0.2, 0.25) is 0 Å². The first-order valence-corrected chi connectivity index (χ1v) is 8.78. The maximum Gasteiger partial charge on any atom is 0.127 e. The van der Waals surface area contributed by atoms with E-state index in [1.54, 1.807) is 10.4 Å². The largest absolute Gasteiger partial charge is 0.493 e. The molecule has 4 rings (SSSR count). The van der Waals surface area contributed by atoms with Gasteiger partial charge in [0.05, 0.1) is 12.6 Å². The van der Waals surface area contributed by atoms with E-state index in [0.29, 0.717) is 0 Å². The highest BCUT2D eigenvalue weighted by molar-refractivity contribution is 7.12. The first kappa shape index (κ1) is 13.4. The molecular formula is C18H21NOS. The van der Waals surface area contributed by atoms with E-state index in [-0.39, 0.29) is 6.04 Å². The van der Waals surface area contributed by atoms with Crippen molar-refractivity contribution in [2.24, 2.45) is 0 Å². The maximum absolute atomic E-state index is 5.92.